The van der Waals surface area contributed by atoms with E-state index >= 15 is 0 Å². The number of rotatable bonds is 4. The molecule has 10 heteroatoms. The van der Waals surface area contributed by atoms with Crippen LogP contribution in [0.5, 0.6) is 0 Å². The highest BCUT2D eigenvalue weighted by Crippen LogP contribution is 2.31. The van der Waals surface area contributed by atoms with Crippen LogP contribution < -0.4 is 15.5 Å². The van der Waals surface area contributed by atoms with Crippen LogP contribution in [0.2, 0.25) is 5.02 Å². The summed E-state index contributed by atoms with van der Waals surface area (Å²) >= 11 is 11.0. The van der Waals surface area contributed by atoms with Gasteiger partial charge in [-0.1, -0.05) is 23.7 Å². The lowest BCUT2D eigenvalue weighted by Crippen LogP contribution is -2.30. The summed E-state index contributed by atoms with van der Waals surface area (Å²) in [6, 6.07) is 8.11. The molecule has 1 aromatic carbocycles. The van der Waals surface area contributed by atoms with Crippen LogP contribution in [0.3, 0.4) is 0 Å². The van der Waals surface area contributed by atoms with E-state index in [9.17, 15) is 13.2 Å². The number of thiocarbonyl (C=S) groups is 1. The predicted octanol–water partition coefficient (Wildman–Crippen LogP) is 4.24. The lowest BCUT2D eigenvalue weighted by molar-refractivity contribution is -0.141. The molecule has 0 bridgehead atoms. The SMILES string of the molecule is FC(F)(F)c1cc(N2CCCC2)nc(NC(=S)NCc2ccc(Cl)cc2)n1. The summed E-state index contributed by atoms with van der Waals surface area (Å²) in [5, 5.41) is 6.31. The highest BCUT2D eigenvalue weighted by Gasteiger charge is 2.34. The smallest absolute Gasteiger partial charge is 0.358 e. The Balaban J connectivity index is 1.71. The topological polar surface area (TPSA) is 53.1 Å². The molecule has 0 aliphatic carbocycles. The summed E-state index contributed by atoms with van der Waals surface area (Å²) in [4.78, 5) is 9.57. The first-order chi connectivity index (χ1) is 12.8. The Morgan fingerprint density at radius 2 is 1.81 bits per heavy atom. The zero-order valence-electron chi connectivity index (χ0n) is 14.2. The lowest BCUT2D eigenvalue weighted by Gasteiger charge is -2.19. The average Bonchev–Trinajstić information content (AvgIpc) is 3.15. The Kier molecular flexibility index (Phi) is 6.01. The second-order valence-electron chi connectivity index (χ2n) is 6.06. The summed E-state index contributed by atoms with van der Waals surface area (Å²) in [5.41, 5.74) is -0.0753. The van der Waals surface area contributed by atoms with Gasteiger partial charge in [0, 0.05) is 30.7 Å². The fourth-order valence-electron chi connectivity index (χ4n) is 2.67. The molecule has 2 aromatic rings. The molecule has 3 rings (SSSR count). The molecule has 2 heterocycles. The molecule has 0 radical (unpaired) electrons. The highest BCUT2D eigenvalue weighted by atomic mass is 35.5. The molecular weight excluding hydrogens is 399 g/mol. The van der Waals surface area contributed by atoms with Gasteiger partial charge in [-0.15, -0.1) is 0 Å². The number of nitrogens with one attached hydrogen (secondary N) is 2. The van der Waals surface area contributed by atoms with Crippen LogP contribution in [0.25, 0.3) is 0 Å². The quantitative estimate of drug-likeness (QED) is 0.729. The van der Waals surface area contributed by atoms with E-state index < -0.39 is 11.9 Å². The molecule has 1 fully saturated rings. The number of nitrogens with zero attached hydrogens (tertiary/aromatic N) is 3. The van der Waals surface area contributed by atoms with E-state index in [1.165, 1.54) is 0 Å². The third-order valence-electron chi connectivity index (χ3n) is 4.02. The first kappa shape index (κ1) is 19.6. The summed E-state index contributed by atoms with van der Waals surface area (Å²) in [6.45, 7) is 1.74. The minimum Gasteiger partial charge on any atom is -0.358 e. The molecule has 1 saturated heterocycles. The molecular formula is C17H17ClF3N5S. The summed E-state index contributed by atoms with van der Waals surface area (Å²) in [5.74, 6) is 0.0677. The van der Waals surface area contributed by atoms with Crippen LogP contribution in [0.1, 0.15) is 24.1 Å². The highest BCUT2D eigenvalue weighted by molar-refractivity contribution is 7.80. The van der Waals surface area contributed by atoms with Gasteiger partial charge in [0.25, 0.3) is 0 Å². The van der Waals surface area contributed by atoms with Crippen molar-refractivity contribution in [3.8, 4) is 0 Å². The Bertz CT molecular complexity index is 807. The number of alkyl halides is 3. The summed E-state index contributed by atoms with van der Waals surface area (Å²) < 4.78 is 39.5. The maximum Gasteiger partial charge on any atom is 0.433 e. The molecule has 1 aromatic heterocycles. The maximum absolute atomic E-state index is 13.2. The molecule has 27 heavy (non-hydrogen) atoms. The fraction of sp³-hybridized carbons (Fsp3) is 0.353. The number of halogens is 4. The predicted molar refractivity (Wildman–Crippen MR) is 103 cm³/mol. The van der Waals surface area contributed by atoms with Crippen molar-refractivity contribution in [2.45, 2.75) is 25.6 Å². The minimum absolute atomic E-state index is 0.136. The number of aromatic nitrogens is 2. The van der Waals surface area contributed by atoms with Crippen molar-refractivity contribution in [2.24, 2.45) is 0 Å². The van der Waals surface area contributed by atoms with Gasteiger partial charge in [0.15, 0.2) is 10.8 Å². The van der Waals surface area contributed by atoms with Gasteiger partial charge in [-0.2, -0.15) is 18.2 Å². The molecule has 1 aliphatic rings. The maximum atomic E-state index is 13.2. The van der Waals surface area contributed by atoms with Crippen molar-refractivity contribution in [1.29, 1.82) is 0 Å². The molecule has 144 valence electrons. The van der Waals surface area contributed by atoms with Crippen LogP contribution in [0.15, 0.2) is 30.3 Å². The lowest BCUT2D eigenvalue weighted by atomic mass is 10.2. The van der Waals surface area contributed by atoms with E-state index in [1.807, 2.05) is 17.0 Å². The van der Waals surface area contributed by atoms with E-state index in [0.717, 1.165) is 24.5 Å². The largest absolute Gasteiger partial charge is 0.433 e. The normalized spacial score (nSPS) is 14.3. The molecule has 0 atom stereocenters. The zero-order valence-corrected chi connectivity index (χ0v) is 15.8. The van der Waals surface area contributed by atoms with Crippen molar-refractivity contribution in [1.82, 2.24) is 15.3 Å². The third kappa shape index (κ3) is 5.43. The Morgan fingerprint density at radius 1 is 1.15 bits per heavy atom. The molecule has 0 saturated carbocycles. The van der Waals surface area contributed by atoms with Crippen molar-refractivity contribution in [3.05, 3.63) is 46.6 Å². The number of hydrogen-bond donors (Lipinski definition) is 2. The van der Waals surface area contributed by atoms with Crippen molar-refractivity contribution in [2.75, 3.05) is 23.3 Å². The van der Waals surface area contributed by atoms with Gasteiger partial charge >= 0.3 is 6.18 Å². The number of hydrogen-bond acceptors (Lipinski definition) is 4. The minimum atomic E-state index is -4.56. The van der Waals surface area contributed by atoms with Crippen LogP contribution >= 0.6 is 23.8 Å². The van der Waals surface area contributed by atoms with Crippen molar-refractivity contribution < 1.29 is 13.2 Å². The zero-order chi connectivity index (χ0) is 19.4. The van der Waals surface area contributed by atoms with E-state index in [4.69, 9.17) is 23.8 Å². The van der Waals surface area contributed by atoms with Crippen LogP contribution in [-0.2, 0) is 12.7 Å². The van der Waals surface area contributed by atoms with E-state index in [1.54, 1.807) is 12.1 Å². The van der Waals surface area contributed by atoms with Gasteiger partial charge in [-0.05, 0) is 42.8 Å². The van der Waals surface area contributed by atoms with Gasteiger partial charge in [0.05, 0.1) is 0 Å². The van der Waals surface area contributed by atoms with Crippen LogP contribution in [0.4, 0.5) is 24.9 Å². The second kappa shape index (κ2) is 8.26. The fourth-order valence-corrected chi connectivity index (χ4v) is 2.96. The molecule has 2 N–H and O–H groups in total. The molecule has 0 unspecified atom stereocenters. The monoisotopic (exact) mass is 415 g/mol. The number of benzene rings is 1. The van der Waals surface area contributed by atoms with E-state index in [2.05, 4.69) is 20.6 Å². The van der Waals surface area contributed by atoms with E-state index in [-0.39, 0.29) is 16.9 Å². The second-order valence-corrected chi connectivity index (χ2v) is 6.91. The first-order valence-electron chi connectivity index (χ1n) is 8.32. The van der Waals surface area contributed by atoms with Crippen LogP contribution in [0, 0.1) is 0 Å². The number of anilines is 2. The van der Waals surface area contributed by atoms with Gasteiger partial charge in [-0.3, -0.25) is 0 Å². The molecule has 0 spiro atoms. The summed E-state index contributed by atoms with van der Waals surface area (Å²) in [7, 11) is 0. The molecule has 0 amide bonds. The van der Waals surface area contributed by atoms with Gasteiger partial charge in [0.2, 0.25) is 5.95 Å². The van der Waals surface area contributed by atoms with Crippen LogP contribution in [-0.4, -0.2) is 28.2 Å². The van der Waals surface area contributed by atoms with E-state index in [0.29, 0.717) is 24.7 Å². The van der Waals surface area contributed by atoms with Gasteiger partial charge in [-0.25, -0.2) is 4.98 Å². The first-order valence-corrected chi connectivity index (χ1v) is 9.10. The third-order valence-corrected chi connectivity index (χ3v) is 4.52. The Hall–Kier alpha value is -2.13. The van der Waals surface area contributed by atoms with Gasteiger partial charge in [0.1, 0.15) is 5.82 Å². The Morgan fingerprint density at radius 3 is 2.44 bits per heavy atom. The molecule has 1 aliphatic heterocycles. The molecule has 5 nitrogen and oxygen atoms in total. The average molecular weight is 416 g/mol. The van der Waals surface area contributed by atoms with Crippen molar-refractivity contribution in [3.63, 3.8) is 0 Å². The Labute approximate surface area is 164 Å². The standard InChI is InChI=1S/C17H17ClF3N5S/c18-12-5-3-11(4-6-12)10-22-16(27)25-15-23-13(17(19,20)21)9-14(24-15)26-7-1-2-8-26/h3-6,9H,1-2,7-8,10H2,(H2,22,23,24,25,27). The van der Waals surface area contributed by atoms with Gasteiger partial charge < -0.3 is 15.5 Å². The summed E-state index contributed by atoms with van der Waals surface area (Å²) in [6.07, 6.45) is -2.71. The van der Waals surface area contributed by atoms with Crippen molar-refractivity contribution >= 4 is 40.7 Å².